The summed E-state index contributed by atoms with van der Waals surface area (Å²) in [5, 5.41) is 0. The van der Waals surface area contributed by atoms with E-state index in [4.69, 9.17) is 0 Å². The normalized spacial score (nSPS) is 11.7. The van der Waals surface area contributed by atoms with Gasteiger partial charge in [-0.25, -0.2) is 4.39 Å². The van der Waals surface area contributed by atoms with Gasteiger partial charge in [0, 0.05) is 4.90 Å². The quantitative estimate of drug-likeness (QED) is 0.529. The monoisotopic (exact) mass is 210 g/mol. The van der Waals surface area contributed by atoms with Crippen molar-refractivity contribution in [3.8, 4) is 0 Å². The lowest BCUT2D eigenvalue weighted by Gasteiger charge is -2.07. The molecule has 1 aromatic carbocycles. The molecule has 0 aliphatic carbocycles. The van der Waals surface area contributed by atoms with Gasteiger partial charge in [-0.1, -0.05) is 17.8 Å². The second-order valence-electron chi connectivity index (χ2n) is 2.28. The maximum atomic E-state index is 12.1. The van der Waals surface area contributed by atoms with Crippen LogP contribution in [0.4, 0.5) is 17.6 Å². The van der Waals surface area contributed by atoms with Gasteiger partial charge in [-0.3, -0.25) is 0 Å². The summed E-state index contributed by atoms with van der Waals surface area (Å²) in [5.74, 6) is 0. The van der Waals surface area contributed by atoms with Crippen molar-refractivity contribution < 1.29 is 17.6 Å². The van der Waals surface area contributed by atoms with E-state index in [-0.39, 0.29) is 4.90 Å². The molecule has 0 atom stereocenters. The highest BCUT2D eigenvalue weighted by Crippen LogP contribution is 2.31. The molecule has 0 N–H and O–H groups in total. The Morgan fingerprint density at radius 2 is 1.92 bits per heavy atom. The van der Waals surface area contributed by atoms with E-state index < -0.39 is 17.7 Å². The van der Waals surface area contributed by atoms with Gasteiger partial charge in [-0.05, 0) is 18.2 Å². The summed E-state index contributed by atoms with van der Waals surface area (Å²) in [4.78, 5) is 0.289. The number of hydrogen-bond acceptors (Lipinski definition) is 1. The molecule has 1 aromatic rings. The van der Waals surface area contributed by atoms with Crippen molar-refractivity contribution in [3.63, 3.8) is 0 Å². The molecule has 0 bridgehead atoms. The van der Waals surface area contributed by atoms with Crippen molar-refractivity contribution in [2.45, 2.75) is 11.1 Å². The van der Waals surface area contributed by atoms with Crippen LogP contribution >= 0.6 is 11.8 Å². The Morgan fingerprint density at radius 3 is 2.46 bits per heavy atom. The van der Waals surface area contributed by atoms with E-state index in [1.807, 2.05) is 0 Å². The SMILES string of the molecule is FCSc1cccc(C(F)(F)F)c1. The first-order valence-electron chi connectivity index (χ1n) is 3.40. The smallest absolute Gasteiger partial charge is 0.239 e. The average Bonchev–Trinajstić information content (AvgIpc) is 2.04. The Balaban J connectivity index is 2.92. The molecule has 0 fully saturated rings. The molecule has 0 unspecified atom stereocenters. The fourth-order valence-corrected chi connectivity index (χ4v) is 1.34. The Morgan fingerprint density at radius 1 is 1.23 bits per heavy atom. The number of thioether (sulfide) groups is 1. The minimum Gasteiger partial charge on any atom is -0.239 e. The predicted molar refractivity (Wildman–Crippen MR) is 43.3 cm³/mol. The minimum absolute atomic E-state index is 0.289. The predicted octanol–water partition coefficient (Wildman–Crippen LogP) is 3.72. The van der Waals surface area contributed by atoms with E-state index >= 15 is 0 Å². The molecule has 0 spiro atoms. The summed E-state index contributed by atoms with van der Waals surface area (Å²) in [5.41, 5.74) is -0.744. The largest absolute Gasteiger partial charge is 0.416 e. The minimum atomic E-state index is -4.35. The molecule has 72 valence electrons. The van der Waals surface area contributed by atoms with Gasteiger partial charge >= 0.3 is 6.18 Å². The Hall–Kier alpha value is -0.710. The Labute approximate surface area is 76.9 Å². The van der Waals surface area contributed by atoms with Gasteiger partial charge in [0.05, 0.1) is 5.56 Å². The maximum Gasteiger partial charge on any atom is 0.416 e. The van der Waals surface area contributed by atoms with E-state index in [2.05, 4.69) is 0 Å². The van der Waals surface area contributed by atoms with Crippen LogP contribution in [0.5, 0.6) is 0 Å². The lowest BCUT2D eigenvalue weighted by atomic mass is 10.2. The van der Waals surface area contributed by atoms with Gasteiger partial charge in [0.25, 0.3) is 0 Å². The molecule has 0 amide bonds. The van der Waals surface area contributed by atoms with E-state index in [0.717, 1.165) is 23.9 Å². The molecule has 0 saturated carbocycles. The summed E-state index contributed by atoms with van der Waals surface area (Å²) in [6, 6.07) is 3.88. The summed E-state index contributed by atoms with van der Waals surface area (Å²) in [6.45, 7) is 0. The molecule has 0 aliphatic heterocycles. The zero-order chi connectivity index (χ0) is 9.90. The number of alkyl halides is 4. The van der Waals surface area contributed by atoms with Crippen molar-refractivity contribution in [1.29, 1.82) is 0 Å². The van der Waals surface area contributed by atoms with Crippen molar-refractivity contribution in [2.75, 3.05) is 6.01 Å². The van der Waals surface area contributed by atoms with Crippen LogP contribution in [0.2, 0.25) is 0 Å². The Kier molecular flexibility index (Phi) is 3.19. The summed E-state index contributed by atoms with van der Waals surface area (Å²) in [7, 11) is 0. The molecule has 5 heteroatoms. The third-order valence-corrected chi connectivity index (χ3v) is 2.08. The highest BCUT2D eigenvalue weighted by molar-refractivity contribution is 7.99. The third-order valence-electron chi connectivity index (χ3n) is 1.38. The van der Waals surface area contributed by atoms with Gasteiger partial charge in [-0.2, -0.15) is 13.2 Å². The first kappa shape index (κ1) is 10.4. The van der Waals surface area contributed by atoms with Crippen molar-refractivity contribution >= 4 is 11.8 Å². The van der Waals surface area contributed by atoms with Crippen LogP contribution in [0.3, 0.4) is 0 Å². The highest BCUT2D eigenvalue weighted by atomic mass is 32.2. The number of rotatable bonds is 2. The average molecular weight is 210 g/mol. The van der Waals surface area contributed by atoms with Crippen LogP contribution in [-0.4, -0.2) is 6.01 Å². The fraction of sp³-hybridized carbons (Fsp3) is 0.250. The second kappa shape index (κ2) is 4.00. The van der Waals surface area contributed by atoms with Crippen LogP contribution in [-0.2, 0) is 6.18 Å². The van der Waals surface area contributed by atoms with Gasteiger partial charge in [0.1, 0.15) is 6.01 Å². The van der Waals surface area contributed by atoms with Crippen molar-refractivity contribution in [3.05, 3.63) is 29.8 Å². The molecular weight excluding hydrogens is 204 g/mol. The van der Waals surface area contributed by atoms with E-state index in [9.17, 15) is 17.6 Å². The standard InChI is InChI=1S/C8H6F4S/c9-5-13-7-3-1-2-6(4-7)8(10,11)12/h1-4H,5H2. The third kappa shape index (κ3) is 2.91. The van der Waals surface area contributed by atoms with Gasteiger partial charge in [0.2, 0.25) is 0 Å². The molecule has 0 heterocycles. The molecule has 0 aliphatic rings. The zero-order valence-electron chi connectivity index (χ0n) is 6.44. The first-order chi connectivity index (χ1) is 6.04. The van der Waals surface area contributed by atoms with Gasteiger partial charge in [-0.15, -0.1) is 0 Å². The molecule has 13 heavy (non-hydrogen) atoms. The van der Waals surface area contributed by atoms with E-state index in [0.29, 0.717) is 0 Å². The topological polar surface area (TPSA) is 0 Å². The number of hydrogen-bond donors (Lipinski definition) is 0. The molecule has 0 nitrogen and oxygen atoms in total. The summed E-state index contributed by atoms with van der Waals surface area (Å²) in [6.07, 6.45) is -4.35. The highest BCUT2D eigenvalue weighted by Gasteiger charge is 2.30. The summed E-state index contributed by atoms with van der Waals surface area (Å²) >= 11 is 0.739. The number of halogens is 4. The Bertz CT molecular complexity index is 282. The van der Waals surface area contributed by atoms with Crippen LogP contribution in [0, 0.1) is 0 Å². The van der Waals surface area contributed by atoms with Crippen LogP contribution in [0.15, 0.2) is 29.2 Å². The second-order valence-corrected chi connectivity index (χ2v) is 3.26. The van der Waals surface area contributed by atoms with Crippen LogP contribution < -0.4 is 0 Å². The van der Waals surface area contributed by atoms with Gasteiger partial charge in [0.15, 0.2) is 0 Å². The van der Waals surface area contributed by atoms with E-state index in [1.54, 1.807) is 0 Å². The first-order valence-corrected chi connectivity index (χ1v) is 4.38. The molecule has 0 aromatic heterocycles. The van der Waals surface area contributed by atoms with E-state index in [1.165, 1.54) is 12.1 Å². The van der Waals surface area contributed by atoms with Crippen molar-refractivity contribution in [2.24, 2.45) is 0 Å². The molecule has 0 radical (unpaired) electrons. The van der Waals surface area contributed by atoms with Crippen LogP contribution in [0.25, 0.3) is 0 Å². The number of benzene rings is 1. The zero-order valence-corrected chi connectivity index (χ0v) is 7.25. The molecule has 0 saturated heterocycles. The van der Waals surface area contributed by atoms with Crippen molar-refractivity contribution in [1.82, 2.24) is 0 Å². The maximum absolute atomic E-state index is 12.1. The molecule has 1 rings (SSSR count). The lowest BCUT2D eigenvalue weighted by molar-refractivity contribution is -0.137. The lowest BCUT2D eigenvalue weighted by Crippen LogP contribution is -2.04. The fourth-order valence-electron chi connectivity index (χ4n) is 0.825. The van der Waals surface area contributed by atoms with Crippen LogP contribution in [0.1, 0.15) is 5.56 Å². The summed E-state index contributed by atoms with van der Waals surface area (Å²) < 4.78 is 48.1. The molecular formula is C8H6F4S. The van der Waals surface area contributed by atoms with Gasteiger partial charge < -0.3 is 0 Å².